The molecule has 1 aliphatic carbocycles. The van der Waals surface area contributed by atoms with Gasteiger partial charge >= 0.3 is 0 Å². The highest BCUT2D eigenvalue weighted by Crippen LogP contribution is 2.48. The number of nitrogens with one attached hydrogen (secondary N) is 1. The topological polar surface area (TPSA) is 38.0 Å². The van der Waals surface area contributed by atoms with Crippen LogP contribution in [0.3, 0.4) is 0 Å². The van der Waals surface area contributed by atoms with E-state index in [4.69, 9.17) is 5.73 Å². The minimum absolute atomic E-state index is 0.525. The zero-order valence-electron chi connectivity index (χ0n) is 4.98. The average Bonchev–Trinajstić information content (AvgIpc) is 2.29. The molecule has 8 heavy (non-hydrogen) atoms. The Balaban J connectivity index is 2.06. The predicted molar refractivity (Wildman–Crippen MR) is 32.5 cm³/mol. The summed E-state index contributed by atoms with van der Waals surface area (Å²) in [4.78, 5) is 0. The Bertz CT molecular complexity index is 105. The zero-order valence-corrected chi connectivity index (χ0v) is 4.98. The normalized spacial score (nSPS) is 52.9. The van der Waals surface area contributed by atoms with Crippen molar-refractivity contribution in [2.24, 2.45) is 11.1 Å². The van der Waals surface area contributed by atoms with Crippen LogP contribution in [0.5, 0.6) is 0 Å². The molecule has 0 aromatic carbocycles. The second-order valence-electron chi connectivity index (χ2n) is 3.10. The number of hydrogen-bond donors (Lipinski definition) is 2. The van der Waals surface area contributed by atoms with E-state index < -0.39 is 0 Å². The quantitative estimate of drug-likeness (QED) is 0.451. The summed E-state index contributed by atoms with van der Waals surface area (Å²) in [7, 11) is 0. The molecule has 0 aromatic rings. The molecular weight excluding hydrogens is 100 g/mol. The van der Waals surface area contributed by atoms with Crippen LogP contribution in [0.15, 0.2) is 0 Å². The molecule has 2 nitrogen and oxygen atoms in total. The highest BCUT2D eigenvalue weighted by atomic mass is 15.0. The van der Waals surface area contributed by atoms with E-state index in [0.717, 1.165) is 0 Å². The standard InChI is InChI=1S/C6H12N2/c7-5-3-6(5)1-2-8-4-6/h5,8H,1-4,7H2/t5-,6?/m1/s1. The largest absolute Gasteiger partial charge is 0.327 e. The fourth-order valence-electron chi connectivity index (χ4n) is 1.63. The highest BCUT2D eigenvalue weighted by Gasteiger charge is 2.52. The summed E-state index contributed by atoms with van der Waals surface area (Å²) in [5.41, 5.74) is 6.29. The van der Waals surface area contributed by atoms with E-state index in [0.29, 0.717) is 11.5 Å². The first-order valence-electron chi connectivity index (χ1n) is 3.30. The van der Waals surface area contributed by atoms with Crippen LogP contribution in [0.2, 0.25) is 0 Å². The molecule has 2 rings (SSSR count). The Morgan fingerprint density at radius 3 is 2.62 bits per heavy atom. The van der Waals surface area contributed by atoms with Crippen LogP contribution in [-0.4, -0.2) is 19.1 Å². The van der Waals surface area contributed by atoms with Crippen LogP contribution >= 0.6 is 0 Å². The van der Waals surface area contributed by atoms with Crippen LogP contribution in [0.1, 0.15) is 12.8 Å². The molecule has 1 unspecified atom stereocenters. The predicted octanol–water partition coefficient (Wildman–Crippen LogP) is -0.303. The summed E-state index contributed by atoms with van der Waals surface area (Å²) in [6, 6.07) is 0.525. The van der Waals surface area contributed by atoms with E-state index in [2.05, 4.69) is 5.32 Å². The van der Waals surface area contributed by atoms with Crippen molar-refractivity contribution in [3.63, 3.8) is 0 Å². The van der Waals surface area contributed by atoms with Gasteiger partial charge in [0.15, 0.2) is 0 Å². The molecule has 1 saturated carbocycles. The SMILES string of the molecule is N[C@@H]1CC12CCNC2. The van der Waals surface area contributed by atoms with Crippen LogP contribution in [-0.2, 0) is 0 Å². The van der Waals surface area contributed by atoms with Crippen molar-refractivity contribution in [3.8, 4) is 0 Å². The first kappa shape index (κ1) is 4.77. The molecule has 1 saturated heterocycles. The van der Waals surface area contributed by atoms with Crippen molar-refractivity contribution >= 4 is 0 Å². The molecule has 1 aliphatic heterocycles. The van der Waals surface area contributed by atoms with Crippen molar-refractivity contribution in [3.05, 3.63) is 0 Å². The molecule has 46 valence electrons. The maximum atomic E-state index is 5.72. The highest BCUT2D eigenvalue weighted by molar-refractivity contribution is 5.10. The van der Waals surface area contributed by atoms with Gasteiger partial charge in [-0.05, 0) is 19.4 Å². The summed E-state index contributed by atoms with van der Waals surface area (Å²) in [5, 5.41) is 3.33. The molecule has 0 amide bonds. The van der Waals surface area contributed by atoms with Crippen LogP contribution < -0.4 is 11.1 Å². The van der Waals surface area contributed by atoms with E-state index in [-0.39, 0.29) is 0 Å². The Kier molecular flexibility index (Phi) is 0.746. The van der Waals surface area contributed by atoms with Gasteiger partial charge in [0.2, 0.25) is 0 Å². The lowest BCUT2D eigenvalue weighted by atomic mass is 10.1. The maximum absolute atomic E-state index is 5.72. The minimum atomic E-state index is 0.525. The van der Waals surface area contributed by atoms with Gasteiger partial charge in [-0.1, -0.05) is 0 Å². The molecular formula is C6H12N2. The Morgan fingerprint density at radius 2 is 2.38 bits per heavy atom. The Labute approximate surface area is 49.4 Å². The molecule has 2 atom stereocenters. The Hall–Kier alpha value is -0.0800. The molecule has 3 N–H and O–H groups in total. The second kappa shape index (κ2) is 1.25. The number of nitrogens with two attached hydrogens (primary N) is 1. The Morgan fingerprint density at radius 1 is 1.62 bits per heavy atom. The van der Waals surface area contributed by atoms with Gasteiger partial charge in [0.25, 0.3) is 0 Å². The molecule has 0 radical (unpaired) electrons. The summed E-state index contributed by atoms with van der Waals surface area (Å²) >= 11 is 0. The van der Waals surface area contributed by atoms with Crippen molar-refractivity contribution in [2.45, 2.75) is 18.9 Å². The third-order valence-corrected chi connectivity index (χ3v) is 2.53. The van der Waals surface area contributed by atoms with E-state index in [9.17, 15) is 0 Å². The van der Waals surface area contributed by atoms with Crippen molar-refractivity contribution in [1.82, 2.24) is 5.32 Å². The van der Waals surface area contributed by atoms with E-state index in [1.165, 1.54) is 25.9 Å². The average molecular weight is 112 g/mol. The van der Waals surface area contributed by atoms with E-state index in [1.54, 1.807) is 0 Å². The molecule has 2 fully saturated rings. The first-order chi connectivity index (χ1) is 3.83. The number of rotatable bonds is 0. The fraction of sp³-hybridized carbons (Fsp3) is 1.00. The molecule has 1 heterocycles. The van der Waals surface area contributed by atoms with Crippen molar-refractivity contribution in [2.75, 3.05) is 13.1 Å². The number of hydrogen-bond acceptors (Lipinski definition) is 2. The van der Waals surface area contributed by atoms with Crippen molar-refractivity contribution < 1.29 is 0 Å². The zero-order chi connectivity index (χ0) is 5.61. The first-order valence-corrected chi connectivity index (χ1v) is 3.30. The third-order valence-electron chi connectivity index (χ3n) is 2.53. The summed E-state index contributed by atoms with van der Waals surface area (Å²) in [6.45, 7) is 2.36. The maximum Gasteiger partial charge on any atom is 0.0115 e. The van der Waals surface area contributed by atoms with Crippen LogP contribution in [0.4, 0.5) is 0 Å². The van der Waals surface area contributed by atoms with Gasteiger partial charge < -0.3 is 11.1 Å². The van der Waals surface area contributed by atoms with Crippen LogP contribution in [0.25, 0.3) is 0 Å². The molecule has 0 aromatic heterocycles. The summed E-state index contributed by atoms with van der Waals surface area (Å²) in [5.74, 6) is 0. The van der Waals surface area contributed by atoms with Gasteiger partial charge in [-0.2, -0.15) is 0 Å². The van der Waals surface area contributed by atoms with E-state index >= 15 is 0 Å². The summed E-state index contributed by atoms with van der Waals surface area (Å²) in [6.07, 6.45) is 2.58. The third kappa shape index (κ3) is 0.446. The lowest BCUT2D eigenvalue weighted by Gasteiger charge is -2.00. The van der Waals surface area contributed by atoms with Gasteiger partial charge in [0.05, 0.1) is 0 Å². The lowest BCUT2D eigenvalue weighted by molar-refractivity contribution is 0.547. The van der Waals surface area contributed by atoms with Gasteiger partial charge in [0, 0.05) is 18.0 Å². The molecule has 1 spiro atoms. The van der Waals surface area contributed by atoms with Gasteiger partial charge in [-0.15, -0.1) is 0 Å². The molecule has 2 aliphatic rings. The summed E-state index contributed by atoms with van der Waals surface area (Å²) < 4.78 is 0. The second-order valence-corrected chi connectivity index (χ2v) is 3.10. The van der Waals surface area contributed by atoms with Crippen LogP contribution in [0, 0.1) is 5.41 Å². The lowest BCUT2D eigenvalue weighted by Crippen LogP contribution is -2.16. The minimum Gasteiger partial charge on any atom is -0.327 e. The fourth-order valence-corrected chi connectivity index (χ4v) is 1.63. The monoisotopic (exact) mass is 112 g/mol. The smallest absolute Gasteiger partial charge is 0.0115 e. The van der Waals surface area contributed by atoms with E-state index in [1.807, 2.05) is 0 Å². The van der Waals surface area contributed by atoms with Gasteiger partial charge in [-0.25, -0.2) is 0 Å². The molecule has 0 bridgehead atoms. The van der Waals surface area contributed by atoms with Crippen molar-refractivity contribution in [1.29, 1.82) is 0 Å². The van der Waals surface area contributed by atoms with Gasteiger partial charge in [0.1, 0.15) is 0 Å². The van der Waals surface area contributed by atoms with Gasteiger partial charge in [-0.3, -0.25) is 0 Å². The molecule has 2 heteroatoms.